The second-order valence-electron chi connectivity index (χ2n) is 5.55. The van der Waals surface area contributed by atoms with Gasteiger partial charge >= 0.3 is 6.18 Å². The first-order chi connectivity index (χ1) is 12.5. The summed E-state index contributed by atoms with van der Waals surface area (Å²) in [5.41, 5.74) is 6.51. The fraction of sp³-hybridized carbons (Fsp3) is 0.214. The molecule has 3 aromatic rings. The third-order valence-corrected chi connectivity index (χ3v) is 4.70. The average Bonchev–Trinajstić information content (AvgIpc) is 2.93. The van der Waals surface area contributed by atoms with Gasteiger partial charge in [-0.3, -0.25) is 4.55 Å². The molecule has 0 fully saturated rings. The zero-order chi connectivity index (χ0) is 20.0. The Morgan fingerprint density at radius 3 is 2.41 bits per heavy atom. The summed E-state index contributed by atoms with van der Waals surface area (Å²) in [5.74, 6) is 0. The SMILES string of the molecule is NC(c1ccc(S(=O)(=O)O)cc1)c1nc(Cl)nc2c1cnn2CC(F)(F)F. The van der Waals surface area contributed by atoms with Crippen LogP contribution in [-0.4, -0.2) is 38.9 Å². The summed E-state index contributed by atoms with van der Waals surface area (Å²) in [6.45, 7) is -1.36. The molecule has 0 radical (unpaired) electrons. The predicted molar refractivity (Wildman–Crippen MR) is 88.7 cm³/mol. The van der Waals surface area contributed by atoms with Crippen LogP contribution in [0, 0.1) is 0 Å². The minimum absolute atomic E-state index is 0.123. The number of nitrogens with two attached hydrogens (primary N) is 1. The van der Waals surface area contributed by atoms with E-state index in [1.165, 1.54) is 12.1 Å². The molecule has 3 rings (SSSR count). The number of alkyl halides is 3. The van der Waals surface area contributed by atoms with Gasteiger partial charge in [0.2, 0.25) is 5.28 Å². The van der Waals surface area contributed by atoms with E-state index >= 15 is 0 Å². The number of benzene rings is 1. The van der Waals surface area contributed by atoms with E-state index in [4.69, 9.17) is 21.9 Å². The fourth-order valence-electron chi connectivity index (χ4n) is 2.48. The first kappa shape index (κ1) is 19.5. The average molecular weight is 422 g/mol. The largest absolute Gasteiger partial charge is 0.408 e. The van der Waals surface area contributed by atoms with Gasteiger partial charge in [0.1, 0.15) is 6.54 Å². The molecule has 8 nitrogen and oxygen atoms in total. The number of hydrogen-bond acceptors (Lipinski definition) is 6. The zero-order valence-electron chi connectivity index (χ0n) is 13.2. The number of fused-ring (bicyclic) bond motifs is 1. The maximum atomic E-state index is 12.7. The summed E-state index contributed by atoms with van der Waals surface area (Å²) in [6.07, 6.45) is -3.36. The predicted octanol–water partition coefficient (Wildman–Crippen LogP) is 2.34. The van der Waals surface area contributed by atoms with Crippen LogP contribution in [0.25, 0.3) is 11.0 Å². The van der Waals surface area contributed by atoms with Crippen molar-refractivity contribution in [3.8, 4) is 0 Å². The third-order valence-electron chi connectivity index (χ3n) is 3.66. The Morgan fingerprint density at radius 2 is 1.85 bits per heavy atom. The Kier molecular flexibility index (Phi) is 4.84. The van der Waals surface area contributed by atoms with Gasteiger partial charge in [0.25, 0.3) is 10.1 Å². The molecule has 0 aliphatic rings. The molecule has 0 aliphatic heterocycles. The molecule has 2 heterocycles. The smallest absolute Gasteiger partial charge is 0.319 e. The molecule has 0 spiro atoms. The van der Waals surface area contributed by atoms with Gasteiger partial charge in [-0.05, 0) is 29.3 Å². The minimum atomic E-state index is -4.51. The second kappa shape index (κ2) is 6.71. The number of nitrogens with zero attached hydrogens (tertiary/aromatic N) is 4. The maximum absolute atomic E-state index is 12.7. The summed E-state index contributed by atoms with van der Waals surface area (Å²) >= 11 is 5.83. The van der Waals surface area contributed by atoms with Gasteiger partial charge in [-0.2, -0.15) is 31.7 Å². The summed E-state index contributed by atoms with van der Waals surface area (Å²) in [5, 5.41) is 3.53. The fourth-order valence-corrected chi connectivity index (χ4v) is 3.13. The molecule has 0 bridgehead atoms. The van der Waals surface area contributed by atoms with E-state index in [0.29, 0.717) is 10.2 Å². The Bertz CT molecular complexity index is 1100. The molecular weight excluding hydrogens is 411 g/mol. The van der Waals surface area contributed by atoms with Gasteiger partial charge in [-0.1, -0.05) is 12.1 Å². The number of aromatic nitrogens is 4. The molecule has 1 aromatic carbocycles. The topological polar surface area (TPSA) is 124 Å². The number of halogens is 4. The number of hydrogen-bond donors (Lipinski definition) is 2. The summed E-state index contributed by atoms with van der Waals surface area (Å²) < 4.78 is 69.9. The number of rotatable bonds is 4. The zero-order valence-corrected chi connectivity index (χ0v) is 14.8. The Morgan fingerprint density at radius 1 is 1.22 bits per heavy atom. The van der Waals surface area contributed by atoms with Gasteiger partial charge < -0.3 is 5.73 Å². The maximum Gasteiger partial charge on any atom is 0.408 e. The molecule has 0 saturated carbocycles. The van der Waals surface area contributed by atoms with E-state index in [9.17, 15) is 21.6 Å². The first-order valence-corrected chi connectivity index (χ1v) is 9.06. The van der Waals surface area contributed by atoms with Crippen molar-refractivity contribution in [3.05, 3.63) is 47.0 Å². The Labute approximate surface area is 155 Å². The van der Waals surface area contributed by atoms with Crippen LogP contribution in [-0.2, 0) is 16.7 Å². The third kappa shape index (κ3) is 4.18. The molecule has 13 heteroatoms. The lowest BCUT2D eigenvalue weighted by Gasteiger charge is -2.13. The van der Waals surface area contributed by atoms with E-state index in [1.807, 2.05) is 0 Å². The summed E-state index contributed by atoms with van der Waals surface area (Å²) in [6, 6.07) is 4.01. The molecule has 1 unspecified atom stereocenters. The molecule has 1 atom stereocenters. The molecule has 0 aliphatic carbocycles. The van der Waals surface area contributed by atoms with E-state index in [-0.39, 0.29) is 26.9 Å². The minimum Gasteiger partial charge on any atom is -0.319 e. The van der Waals surface area contributed by atoms with Crippen LogP contribution in [0.4, 0.5) is 13.2 Å². The first-order valence-electron chi connectivity index (χ1n) is 7.24. The quantitative estimate of drug-likeness (QED) is 0.489. The Hall–Kier alpha value is -2.28. The van der Waals surface area contributed by atoms with Crippen LogP contribution in [0.3, 0.4) is 0 Å². The molecule has 2 aromatic heterocycles. The molecular formula is C14H11ClF3N5O3S. The lowest BCUT2D eigenvalue weighted by molar-refractivity contribution is -0.141. The van der Waals surface area contributed by atoms with Crippen LogP contribution in [0.15, 0.2) is 35.4 Å². The lowest BCUT2D eigenvalue weighted by atomic mass is 10.0. The second-order valence-corrected chi connectivity index (χ2v) is 7.31. The van der Waals surface area contributed by atoms with Crippen molar-refractivity contribution >= 4 is 32.8 Å². The molecule has 0 saturated heterocycles. The van der Waals surface area contributed by atoms with Crippen molar-refractivity contribution in [2.24, 2.45) is 5.73 Å². The van der Waals surface area contributed by atoms with Crippen molar-refractivity contribution in [1.82, 2.24) is 19.7 Å². The summed E-state index contributed by atoms with van der Waals surface area (Å²) in [4.78, 5) is 7.44. The normalized spacial score (nSPS) is 13.9. The molecule has 144 valence electrons. The lowest BCUT2D eigenvalue weighted by Crippen LogP contribution is -2.19. The van der Waals surface area contributed by atoms with E-state index in [1.54, 1.807) is 0 Å². The van der Waals surface area contributed by atoms with E-state index in [2.05, 4.69) is 15.1 Å². The van der Waals surface area contributed by atoms with Gasteiger partial charge in [0.15, 0.2) is 5.65 Å². The molecule has 3 N–H and O–H groups in total. The van der Waals surface area contributed by atoms with Crippen LogP contribution in [0.1, 0.15) is 17.3 Å². The van der Waals surface area contributed by atoms with Gasteiger partial charge in [-0.15, -0.1) is 0 Å². The highest BCUT2D eigenvalue weighted by molar-refractivity contribution is 7.85. The van der Waals surface area contributed by atoms with Crippen LogP contribution < -0.4 is 5.73 Å². The highest BCUT2D eigenvalue weighted by atomic mass is 35.5. The monoisotopic (exact) mass is 421 g/mol. The van der Waals surface area contributed by atoms with E-state index in [0.717, 1.165) is 18.3 Å². The van der Waals surface area contributed by atoms with Crippen LogP contribution in [0.5, 0.6) is 0 Å². The molecule has 27 heavy (non-hydrogen) atoms. The van der Waals surface area contributed by atoms with Gasteiger partial charge in [0, 0.05) is 0 Å². The highest BCUT2D eigenvalue weighted by Gasteiger charge is 2.30. The van der Waals surface area contributed by atoms with Gasteiger partial charge in [-0.25, -0.2) is 9.67 Å². The van der Waals surface area contributed by atoms with Crippen LogP contribution in [0.2, 0.25) is 5.28 Å². The standard InChI is InChI=1S/C14H11ClF3N5O3S/c15-13-21-11(9-5-20-23(12(9)22-13)6-14(16,17)18)10(19)7-1-3-8(4-2-7)27(24,25)26/h1-5,10H,6,19H2,(H,24,25,26). The van der Waals surface area contributed by atoms with Crippen molar-refractivity contribution in [1.29, 1.82) is 0 Å². The summed E-state index contributed by atoms with van der Waals surface area (Å²) in [7, 11) is -4.37. The van der Waals surface area contributed by atoms with E-state index < -0.39 is 28.9 Å². The van der Waals surface area contributed by atoms with Crippen molar-refractivity contribution in [2.75, 3.05) is 0 Å². The van der Waals surface area contributed by atoms with Crippen molar-refractivity contribution < 1.29 is 26.1 Å². The molecule has 0 amide bonds. The van der Waals surface area contributed by atoms with Crippen LogP contribution >= 0.6 is 11.6 Å². The van der Waals surface area contributed by atoms with Gasteiger partial charge in [0.05, 0.1) is 28.2 Å². The van der Waals surface area contributed by atoms with Crippen molar-refractivity contribution in [3.63, 3.8) is 0 Å². The Balaban J connectivity index is 2.06. The highest BCUT2D eigenvalue weighted by Crippen LogP contribution is 2.28. The van der Waals surface area contributed by atoms with Crippen molar-refractivity contribution in [2.45, 2.75) is 23.7 Å².